The molecule has 7 heteroatoms. The van der Waals surface area contributed by atoms with Crippen LogP contribution in [0.25, 0.3) is 0 Å². The summed E-state index contributed by atoms with van der Waals surface area (Å²) in [6.07, 6.45) is 1.46. The van der Waals surface area contributed by atoms with Crippen molar-refractivity contribution in [3.8, 4) is 6.07 Å². The molecule has 5 nitrogen and oxygen atoms in total. The molecule has 118 valence electrons. The minimum Gasteiger partial charge on any atom is -0.369 e. The van der Waals surface area contributed by atoms with Gasteiger partial charge in [0.2, 0.25) is 0 Å². The molecule has 0 bridgehead atoms. The van der Waals surface area contributed by atoms with Crippen molar-refractivity contribution in [3.05, 3.63) is 46.6 Å². The van der Waals surface area contributed by atoms with Crippen LogP contribution in [0, 0.1) is 17.2 Å². The zero-order valence-electron chi connectivity index (χ0n) is 12.4. The number of benzene rings is 1. The fourth-order valence-corrected chi connectivity index (χ4v) is 3.66. The largest absolute Gasteiger partial charge is 0.369 e. The average molecular weight is 349 g/mol. The number of rotatable bonds is 3. The minimum atomic E-state index is -1.08. The van der Waals surface area contributed by atoms with Gasteiger partial charge in [0.05, 0.1) is 12.1 Å². The smallest absolute Gasteiger partial charge is 0.180 e. The molecule has 2 atom stereocenters. The van der Waals surface area contributed by atoms with Crippen LogP contribution < -0.4 is 5.32 Å². The highest BCUT2D eigenvalue weighted by Gasteiger charge is 2.50. The molecule has 0 radical (unpaired) electrons. The van der Waals surface area contributed by atoms with Gasteiger partial charge in [-0.05, 0) is 17.7 Å². The lowest BCUT2D eigenvalue weighted by Gasteiger charge is -2.42. The van der Waals surface area contributed by atoms with Crippen molar-refractivity contribution < 1.29 is 4.79 Å². The Labute approximate surface area is 143 Å². The van der Waals surface area contributed by atoms with Crippen molar-refractivity contribution in [1.29, 1.82) is 5.26 Å². The first-order valence-corrected chi connectivity index (χ1v) is 8.04. The van der Waals surface area contributed by atoms with E-state index in [4.69, 9.17) is 23.2 Å². The predicted molar refractivity (Wildman–Crippen MR) is 88.9 cm³/mol. The van der Waals surface area contributed by atoms with Crippen LogP contribution in [0.15, 0.2) is 30.5 Å². The summed E-state index contributed by atoms with van der Waals surface area (Å²) in [6, 6.07) is 9.24. The highest BCUT2D eigenvalue weighted by molar-refractivity contribution is 6.31. The van der Waals surface area contributed by atoms with Gasteiger partial charge < -0.3 is 5.32 Å². The van der Waals surface area contributed by atoms with Crippen molar-refractivity contribution in [2.45, 2.75) is 12.5 Å². The topological polar surface area (TPSA) is 70.7 Å². The number of aromatic nitrogens is 2. The predicted octanol–water partition coefficient (Wildman–Crippen LogP) is 3.02. The average Bonchev–Trinajstić information content (AvgIpc) is 2.97. The number of carbonyl (C=O) groups excluding carboxylic acids is 1. The highest BCUT2D eigenvalue weighted by Crippen LogP contribution is 2.42. The van der Waals surface area contributed by atoms with E-state index in [1.54, 1.807) is 22.9 Å². The maximum absolute atomic E-state index is 12.9. The fraction of sp³-hybridized carbons (Fsp3) is 0.312. The van der Waals surface area contributed by atoms with Crippen molar-refractivity contribution in [2.75, 3.05) is 17.7 Å². The Hall–Kier alpha value is -2.03. The normalized spacial score (nSPS) is 22.8. The first-order valence-electron chi connectivity index (χ1n) is 7.13. The standard InChI is InChI=1S/C16H14Cl2N4O/c1-10-8-20-15-11(7-19)9-21-22(15)16(10,14(23)6-17)12-3-2-4-13(18)5-12/h2-5,9-10,20H,6,8H2,1H3. The lowest BCUT2D eigenvalue weighted by molar-refractivity contribution is -0.125. The van der Waals surface area contributed by atoms with Gasteiger partial charge in [-0.15, -0.1) is 11.6 Å². The number of halogens is 2. The molecule has 0 saturated heterocycles. The Bertz CT molecular complexity index is 811. The number of anilines is 1. The number of hydrogen-bond acceptors (Lipinski definition) is 4. The zero-order valence-corrected chi connectivity index (χ0v) is 13.9. The molecule has 2 unspecified atom stereocenters. The van der Waals surface area contributed by atoms with E-state index in [0.717, 1.165) is 5.56 Å². The van der Waals surface area contributed by atoms with Gasteiger partial charge in [0.25, 0.3) is 0 Å². The van der Waals surface area contributed by atoms with E-state index in [1.807, 2.05) is 13.0 Å². The summed E-state index contributed by atoms with van der Waals surface area (Å²) in [6.45, 7) is 2.48. The van der Waals surface area contributed by atoms with E-state index in [1.165, 1.54) is 6.20 Å². The quantitative estimate of drug-likeness (QED) is 0.865. The monoisotopic (exact) mass is 348 g/mol. The summed E-state index contributed by atoms with van der Waals surface area (Å²) in [4.78, 5) is 12.9. The van der Waals surface area contributed by atoms with Crippen LogP contribution in [-0.4, -0.2) is 28.0 Å². The maximum Gasteiger partial charge on any atom is 0.180 e. The number of Topliss-reactive ketones (excluding diaryl/α,β-unsaturated/α-hetero) is 1. The van der Waals surface area contributed by atoms with Gasteiger partial charge in [0, 0.05) is 17.5 Å². The third kappa shape index (κ3) is 2.21. The second kappa shape index (κ2) is 5.88. The number of alkyl halides is 1. The van der Waals surface area contributed by atoms with Gasteiger partial charge >= 0.3 is 0 Å². The number of nitriles is 1. The van der Waals surface area contributed by atoms with Gasteiger partial charge in [-0.2, -0.15) is 10.4 Å². The number of carbonyl (C=O) groups is 1. The van der Waals surface area contributed by atoms with E-state index in [2.05, 4.69) is 16.5 Å². The first kappa shape index (κ1) is 15.9. The number of fused-ring (bicyclic) bond motifs is 1. The van der Waals surface area contributed by atoms with Crippen LogP contribution in [0.3, 0.4) is 0 Å². The van der Waals surface area contributed by atoms with Crippen LogP contribution in [0.2, 0.25) is 5.02 Å². The molecular weight excluding hydrogens is 335 g/mol. The second-order valence-corrected chi connectivity index (χ2v) is 6.25. The van der Waals surface area contributed by atoms with Crippen LogP contribution in [0.5, 0.6) is 0 Å². The molecule has 2 heterocycles. The minimum absolute atomic E-state index is 0.119. The van der Waals surface area contributed by atoms with E-state index in [0.29, 0.717) is 22.9 Å². The van der Waals surface area contributed by atoms with Crippen LogP contribution >= 0.6 is 23.2 Å². The summed E-state index contributed by atoms with van der Waals surface area (Å²) in [5.41, 5.74) is 0.0339. The molecule has 0 saturated carbocycles. The number of hydrogen-bond donors (Lipinski definition) is 1. The number of nitrogens with zero attached hydrogens (tertiary/aromatic N) is 3. The Morgan fingerprint density at radius 2 is 2.39 bits per heavy atom. The summed E-state index contributed by atoms with van der Waals surface area (Å²) in [5.74, 6) is 0.0809. The maximum atomic E-state index is 12.9. The molecular formula is C16H14Cl2N4O. The third-order valence-corrected chi connectivity index (χ3v) is 4.80. The van der Waals surface area contributed by atoms with E-state index >= 15 is 0 Å². The van der Waals surface area contributed by atoms with E-state index in [9.17, 15) is 10.1 Å². The number of nitrogens with one attached hydrogen (secondary N) is 1. The molecule has 1 aliphatic rings. The lowest BCUT2D eigenvalue weighted by Crippen LogP contribution is -2.54. The van der Waals surface area contributed by atoms with Gasteiger partial charge in [-0.25, -0.2) is 4.68 Å². The molecule has 0 spiro atoms. The third-order valence-electron chi connectivity index (χ3n) is 4.32. The highest BCUT2D eigenvalue weighted by atomic mass is 35.5. The van der Waals surface area contributed by atoms with Gasteiger partial charge in [0.1, 0.15) is 17.5 Å². The molecule has 1 aromatic heterocycles. The summed E-state index contributed by atoms with van der Waals surface area (Å²) >= 11 is 12.1. The molecule has 1 N–H and O–H groups in total. The molecule has 1 aromatic carbocycles. The van der Waals surface area contributed by atoms with E-state index in [-0.39, 0.29) is 17.6 Å². The molecule has 3 rings (SSSR count). The second-order valence-electron chi connectivity index (χ2n) is 5.55. The lowest BCUT2D eigenvalue weighted by atomic mass is 9.74. The molecule has 2 aromatic rings. The van der Waals surface area contributed by atoms with Gasteiger partial charge in [0.15, 0.2) is 11.3 Å². The summed E-state index contributed by atoms with van der Waals surface area (Å²) in [7, 11) is 0. The van der Waals surface area contributed by atoms with Crippen molar-refractivity contribution in [3.63, 3.8) is 0 Å². The number of ketones is 1. The molecule has 23 heavy (non-hydrogen) atoms. The molecule has 0 amide bonds. The summed E-state index contributed by atoms with van der Waals surface area (Å²) in [5, 5.41) is 17.3. The van der Waals surface area contributed by atoms with E-state index < -0.39 is 5.54 Å². The Balaban J connectivity index is 2.35. The first-order chi connectivity index (χ1) is 11.1. The molecule has 1 aliphatic heterocycles. The fourth-order valence-electron chi connectivity index (χ4n) is 3.26. The van der Waals surface area contributed by atoms with Gasteiger partial charge in [-0.1, -0.05) is 30.7 Å². The van der Waals surface area contributed by atoms with Crippen LogP contribution in [0.1, 0.15) is 18.1 Å². The SMILES string of the molecule is CC1CNc2c(C#N)cnn2C1(C(=O)CCl)c1cccc(Cl)c1. The Morgan fingerprint density at radius 3 is 3.04 bits per heavy atom. The Kier molecular flexibility index (Phi) is 4.05. The zero-order chi connectivity index (χ0) is 16.6. The van der Waals surface area contributed by atoms with Crippen LogP contribution in [-0.2, 0) is 10.3 Å². The molecule has 0 fully saturated rings. The van der Waals surface area contributed by atoms with Crippen molar-refractivity contribution in [1.82, 2.24) is 9.78 Å². The molecule has 0 aliphatic carbocycles. The van der Waals surface area contributed by atoms with Crippen molar-refractivity contribution >= 4 is 34.8 Å². The van der Waals surface area contributed by atoms with Crippen LogP contribution in [0.4, 0.5) is 5.82 Å². The Morgan fingerprint density at radius 1 is 1.61 bits per heavy atom. The summed E-state index contributed by atoms with van der Waals surface area (Å²) < 4.78 is 1.58. The van der Waals surface area contributed by atoms with Crippen molar-refractivity contribution in [2.24, 2.45) is 5.92 Å². The van der Waals surface area contributed by atoms with Gasteiger partial charge in [-0.3, -0.25) is 4.79 Å².